The van der Waals surface area contributed by atoms with Crippen molar-refractivity contribution in [3.63, 3.8) is 0 Å². The summed E-state index contributed by atoms with van der Waals surface area (Å²) in [6.07, 6.45) is 0. The van der Waals surface area contributed by atoms with Gasteiger partial charge in [-0.25, -0.2) is 9.59 Å². The van der Waals surface area contributed by atoms with E-state index in [1.807, 2.05) is 6.07 Å². The van der Waals surface area contributed by atoms with Gasteiger partial charge in [0.1, 0.15) is 12.2 Å². The first kappa shape index (κ1) is 17.9. The molecule has 0 spiro atoms. The van der Waals surface area contributed by atoms with Crippen molar-refractivity contribution in [1.82, 2.24) is 0 Å². The molecule has 0 fully saturated rings. The number of carbonyl (C=O) groups excluding carboxylic acids is 2. The summed E-state index contributed by atoms with van der Waals surface area (Å²) in [6, 6.07) is 5.29. The quantitative estimate of drug-likeness (QED) is 0.556. The van der Waals surface area contributed by atoms with Gasteiger partial charge in [-0.1, -0.05) is 0 Å². The molecule has 0 aromatic heterocycles. The molecule has 116 valence electrons. The highest BCUT2D eigenvalue weighted by molar-refractivity contribution is 14.1. The van der Waals surface area contributed by atoms with Gasteiger partial charge in [0, 0.05) is 3.57 Å². The molecule has 0 aliphatic carbocycles. The Balaban J connectivity index is 2.58. The summed E-state index contributed by atoms with van der Waals surface area (Å²) < 4.78 is 16.0. The Morgan fingerprint density at radius 3 is 2.43 bits per heavy atom. The van der Waals surface area contributed by atoms with Crippen LogP contribution in [0.5, 0.6) is 0 Å². The predicted molar refractivity (Wildman–Crippen MR) is 86.0 cm³/mol. The second-order valence-electron chi connectivity index (χ2n) is 5.42. The molecular formula is C15H19IO5. The Labute approximate surface area is 138 Å². The summed E-state index contributed by atoms with van der Waals surface area (Å²) in [5.74, 6) is -0.816. The number of carbonyl (C=O) groups is 2. The topological polar surface area (TPSA) is 61.8 Å². The lowest BCUT2D eigenvalue weighted by Gasteiger charge is -2.19. The summed E-state index contributed by atoms with van der Waals surface area (Å²) in [6.45, 7) is 5.49. The molecule has 0 atom stereocenters. The average Bonchev–Trinajstić information content (AvgIpc) is 2.35. The van der Waals surface area contributed by atoms with Crippen LogP contribution in [0.4, 0.5) is 0 Å². The Kier molecular flexibility index (Phi) is 6.60. The molecule has 0 amide bonds. The molecule has 1 aromatic carbocycles. The van der Waals surface area contributed by atoms with E-state index in [1.54, 1.807) is 32.9 Å². The molecule has 0 bridgehead atoms. The third-order valence-corrected chi connectivity index (χ3v) is 2.91. The highest BCUT2D eigenvalue weighted by Gasteiger charge is 2.16. The molecule has 0 saturated heterocycles. The van der Waals surface area contributed by atoms with Crippen LogP contribution in [-0.4, -0.2) is 31.3 Å². The molecule has 0 radical (unpaired) electrons. The monoisotopic (exact) mass is 406 g/mol. The minimum Gasteiger partial charge on any atom is -0.465 e. The van der Waals surface area contributed by atoms with Crippen molar-refractivity contribution in [3.8, 4) is 0 Å². The maximum Gasteiger partial charge on any atom is 0.337 e. The van der Waals surface area contributed by atoms with Crippen molar-refractivity contribution in [2.45, 2.75) is 33.0 Å². The highest BCUT2D eigenvalue weighted by atomic mass is 127. The van der Waals surface area contributed by atoms with Crippen LogP contribution in [-0.2, 0) is 25.6 Å². The third-order valence-electron chi connectivity index (χ3n) is 2.29. The van der Waals surface area contributed by atoms with E-state index in [9.17, 15) is 9.59 Å². The van der Waals surface area contributed by atoms with Crippen molar-refractivity contribution in [3.05, 3.63) is 32.9 Å². The summed E-state index contributed by atoms with van der Waals surface area (Å²) in [4.78, 5) is 23.0. The third kappa shape index (κ3) is 6.90. The zero-order valence-electron chi connectivity index (χ0n) is 12.6. The maximum absolute atomic E-state index is 11.5. The van der Waals surface area contributed by atoms with Crippen LogP contribution in [0.1, 0.15) is 36.7 Å². The standard InChI is InChI=1S/C15H19IO5/c1-15(2,3)21-13(17)9-20-8-10-5-11(14(18)19-4)7-12(16)6-10/h5-7H,8-9H2,1-4H3. The van der Waals surface area contributed by atoms with Gasteiger partial charge in [0.05, 0.1) is 19.3 Å². The van der Waals surface area contributed by atoms with Crippen LogP contribution in [0.3, 0.4) is 0 Å². The molecule has 6 heteroatoms. The van der Waals surface area contributed by atoms with Crippen LogP contribution in [0.2, 0.25) is 0 Å². The fraction of sp³-hybridized carbons (Fsp3) is 0.467. The summed E-state index contributed by atoms with van der Waals surface area (Å²) in [5, 5.41) is 0. The van der Waals surface area contributed by atoms with Crippen molar-refractivity contribution >= 4 is 34.5 Å². The van der Waals surface area contributed by atoms with E-state index in [0.717, 1.165) is 9.13 Å². The predicted octanol–water partition coefficient (Wildman–Crippen LogP) is 2.94. The zero-order chi connectivity index (χ0) is 16.0. The maximum atomic E-state index is 11.5. The van der Waals surface area contributed by atoms with Gasteiger partial charge in [-0.3, -0.25) is 0 Å². The fourth-order valence-corrected chi connectivity index (χ4v) is 2.33. The first-order valence-corrected chi connectivity index (χ1v) is 7.46. The van der Waals surface area contributed by atoms with E-state index in [0.29, 0.717) is 5.56 Å². The minimum atomic E-state index is -0.527. The number of esters is 2. The first-order valence-electron chi connectivity index (χ1n) is 6.38. The van der Waals surface area contributed by atoms with Gasteiger partial charge in [0.25, 0.3) is 0 Å². The molecule has 1 aromatic rings. The van der Waals surface area contributed by atoms with Crippen molar-refractivity contribution < 1.29 is 23.8 Å². The van der Waals surface area contributed by atoms with Gasteiger partial charge in [-0.15, -0.1) is 0 Å². The second kappa shape index (κ2) is 7.74. The van der Waals surface area contributed by atoms with Crippen LogP contribution in [0.25, 0.3) is 0 Å². The Hall–Kier alpha value is -1.15. The van der Waals surface area contributed by atoms with E-state index in [2.05, 4.69) is 27.3 Å². The van der Waals surface area contributed by atoms with Crippen molar-refractivity contribution in [2.24, 2.45) is 0 Å². The molecule has 21 heavy (non-hydrogen) atoms. The van der Waals surface area contributed by atoms with Crippen LogP contribution in [0.15, 0.2) is 18.2 Å². The largest absolute Gasteiger partial charge is 0.465 e. The highest BCUT2D eigenvalue weighted by Crippen LogP contribution is 2.15. The SMILES string of the molecule is COC(=O)c1cc(I)cc(COCC(=O)OC(C)(C)C)c1. The van der Waals surface area contributed by atoms with E-state index < -0.39 is 17.5 Å². The molecule has 0 saturated carbocycles. The van der Waals surface area contributed by atoms with Gasteiger partial charge in [-0.05, 0) is 67.1 Å². The van der Waals surface area contributed by atoms with Gasteiger partial charge in [-0.2, -0.15) is 0 Å². The van der Waals surface area contributed by atoms with Gasteiger partial charge >= 0.3 is 11.9 Å². The number of benzene rings is 1. The molecule has 0 aliphatic rings. The van der Waals surface area contributed by atoms with Crippen LogP contribution < -0.4 is 0 Å². The minimum absolute atomic E-state index is 0.129. The number of ether oxygens (including phenoxy) is 3. The molecule has 5 nitrogen and oxygen atoms in total. The fourth-order valence-electron chi connectivity index (χ4n) is 1.59. The van der Waals surface area contributed by atoms with Gasteiger partial charge < -0.3 is 14.2 Å². The number of rotatable bonds is 5. The normalized spacial score (nSPS) is 11.1. The van der Waals surface area contributed by atoms with Gasteiger partial charge in [0.15, 0.2) is 0 Å². The first-order chi connectivity index (χ1) is 9.71. The summed E-state index contributed by atoms with van der Waals surface area (Å²) in [5.41, 5.74) is 0.729. The Morgan fingerprint density at radius 1 is 1.19 bits per heavy atom. The summed E-state index contributed by atoms with van der Waals surface area (Å²) in [7, 11) is 1.33. The van der Waals surface area contributed by atoms with E-state index in [-0.39, 0.29) is 13.2 Å². The number of hydrogen-bond donors (Lipinski definition) is 0. The second-order valence-corrected chi connectivity index (χ2v) is 6.66. The molecule has 0 heterocycles. The summed E-state index contributed by atoms with van der Waals surface area (Å²) >= 11 is 2.11. The van der Waals surface area contributed by atoms with E-state index >= 15 is 0 Å². The lowest BCUT2D eigenvalue weighted by atomic mass is 10.1. The van der Waals surface area contributed by atoms with Crippen molar-refractivity contribution in [1.29, 1.82) is 0 Å². The Bertz CT molecular complexity index is 519. The smallest absolute Gasteiger partial charge is 0.337 e. The number of methoxy groups -OCH3 is 1. The van der Waals surface area contributed by atoms with Gasteiger partial charge in [0.2, 0.25) is 0 Å². The molecule has 0 N–H and O–H groups in total. The molecule has 0 aliphatic heterocycles. The van der Waals surface area contributed by atoms with Crippen LogP contribution in [0, 0.1) is 3.57 Å². The lowest BCUT2D eigenvalue weighted by Crippen LogP contribution is -2.26. The molecule has 1 rings (SSSR count). The van der Waals surface area contributed by atoms with Crippen LogP contribution >= 0.6 is 22.6 Å². The Morgan fingerprint density at radius 2 is 1.86 bits per heavy atom. The lowest BCUT2D eigenvalue weighted by molar-refractivity contribution is -0.160. The van der Waals surface area contributed by atoms with E-state index in [1.165, 1.54) is 7.11 Å². The van der Waals surface area contributed by atoms with Crippen molar-refractivity contribution in [2.75, 3.05) is 13.7 Å². The average molecular weight is 406 g/mol. The molecular weight excluding hydrogens is 387 g/mol. The number of hydrogen-bond acceptors (Lipinski definition) is 5. The number of halogens is 1. The van der Waals surface area contributed by atoms with E-state index in [4.69, 9.17) is 9.47 Å². The zero-order valence-corrected chi connectivity index (χ0v) is 14.7. The molecule has 0 unspecified atom stereocenters.